The molecule has 7 nitrogen and oxygen atoms in total. The van der Waals surface area contributed by atoms with E-state index in [1.807, 2.05) is 54.7 Å². The van der Waals surface area contributed by atoms with Gasteiger partial charge < -0.3 is 29.5 Å². The largest absolute Gasteiger partial charge is 0.399 e. The van der Waals surface area contributed by atoms with Crippen LogP contribution in [0.3, 0.4) is 0 Å². The Morgan fingerprint density at radius 3 is 2.57 bits per heavy atom. The van der Waals surface area contributed by atoms with Crippen molar-refractivity contribution in [2.24, 2.45) is 5.16 Å². The summed E-state index contributed by atoms with van der Waals surface area (Å²) in [6.45, 7) is 0. The molecule has 1 aliphatic heterocycles. The Morgan fingerprint density at radius 1 is 1.07 bits per heavy atom. The highest BCUT2D eigenvalue weighted by molar-refractivity contribution is 6.35. The van der Waals surface area contributed by atoms with Gasteiger partial charge in [0.15, 0.2) is 6.23 Å². The summed E-state index contributed by atoms with van der Waals surface area (Å²) in [6.07, 6.45) is -2.27. The van der Waals surface area contributed by atoms with Crippen molar-refractivity contribution in [3.63, 3.8) is 0 Å². The third-order valence-corrected chi connectivity index (χ3v) is 5.65. The Labute approximate surface area is 178 Å². The molecule has 2 aromatic carbocycles. The predicted octanol–water partition coefficient (Wildman–Crippen LogP) is 2.50. The third kappa shape index (κ3) is 3.82. The first kappa shape index (κ1) is 20.8. The van der Waals surface area contributed by atoms with E-state index in [9.17, 15) is 15.3 Å². The standard InChI is InChI=1S/C22H23ClN2O5/c1-29-24-11-17-19(26)20(27)21(28)22(30-17)25-12-14(10-13-6-3-2-4-7-13)18-15(23)8-5-9-16(18)25/h2-9,11-12,17,19-22,26-28H,10H2,1H3/t17-,19-,20+,21-,22-/m1/s1. The van der Waals surface area contributed by atoms with Crippen molar-refractivity contribution in [3.8, 4) is 0 Å². The summed E-state index contributed by atoms with van der Waals surface area (Å²) in [5.74, 6) is 0. The lowest BCUT2D eigenvalue weighted by Gasteiger charge is -2.39. The monoisotopic (exact) mass is 430 g/mol. The summed E-state index contributed by atoms with van der Waals surface area (Å²) in [7, 11) is 1.37. The molecule has 1 saturated heterocycles. The summed E-state index contributed by atoms with van der Waals surface area (Å²) in [4.78, 5) is 4.66. The zero-order valence-electron chi connectivity index (χ0n) is 16.3. The van der Waals surface area contributed by atoms with Crippen molar-refractivity contribution in [2.75, 3.05) is 7.11 Å². The van der Waals surface area contributed by atoms with E-state index >= 15 is 0 Å². The van der Waals surface area contributed by atoms with E-state index in [1.165, 1.54) is 13.3 Å². The maximum Gasteiger partial charge on any atom is 0.163 e. The average Bonchev–Trinajstić information content (AvgIpc) is 3.12. The molecular formula is C22H23ClN2O5. The lowest BCUT2D eigenvalue weighted by atomic mass is 9.98. The number of ether oxygens (including phenoxy) is 1. The number of aliphatic hydroxyl groups is 3. The molecule has 0 amide bonds. The van der Waals surface area contributed by atoms with Gasteiger partial charge in [0, 0.05) is 11.6 Å². The lowest BCUT2D eigenvalue weighted by molar-refractivity contribution is -0.225. The fourth-order valence-corrected chi connectivity index (χ4v) is 4.16. The number of rotatable bonds is 5. The number of oxime groups is 1. The first-order chi connectivity index (χ1) is 14.5. The molecule has 3 N–H and O–H groups in total. The molecule has 0 spiro atoms. The molecule has 0 aliphatic carbocycles. The highest BCUT2D eigenvalue weighted by Crippen LogP contribution is 2.36. The number of aromatic nitrogens is 1. The Bertz CT molecular complexity index is 1040. The zero-order valence-corrected chi connectivity index (χ0v) is 17.1. The minimum Gasteiger partial charge on any atom is -0.399 e. The summed E-state index contributed by atoms with van der Waals surface area (Å²) in [5.41, 5.74) is 2.82. The third-order valence-electron chi connectivity index (χ3n) is 5.34. The molecule has 4 rings (SSSR count). The topological polar surface area (TPSA) is 96.4 Å². The van der Waals surface area contributed by atoms with Crippen LogP contribution in [0.25, 0.3) is 10.9 Å². The number of benzene rings is 2. The molecular weight excluding hydrogens is 408 g/mol. The summed E-state index contributed by atoms with van der Waals surface area (Å²) < 4.78 is 7.65. The fraction of sp³-hybridized carbons (Fsp3) is 0.318. The van der Waals surface area contributed by atoms with Crippen molar-refractivity contribution < 1.29 is 24.9 Å². The second-order valence-corrected chi connectivity index (χ2v) is 7.67. The fourth-order valence-electron chi connectivity index (χ4n) is 3.87. The Balaban J connectivity index is 1.78. The zero-order chi connectivity index (χ0) is 21.3. The normalized spacial score (nSPS) is 27.0. The Morgan fingerprint density at radius 2 is 1.83 bits per heavy atom. The van der Waals surface area contributed by atoms with E-state index < -0.39 is 30.6 Å². The van der Waals surface area contributed by atoms with Gasteiger partial charge in [0.25, 0.3) is 0 Å². The van der Waals surface area contributed by atoms with Gasteiger partial charge in [0.2, 0.25) is 0 Å². The van der Waals surface area contributed by atoms with Crippen molar-refractivity contribution >= 4 is 28.7 Å². The van der Waals surface area contributed by atoms with Crippen molar-refractivity contribution in [3.05, 3.63) is 70.9 Å². The van der Waals surface area contributed by atoms with Crippen LogP contribution in [-0.4, -0.2) is 57.6 Å². The van der Waals surface area contributed by atoms with Crippen LogP contribution in [0.4, 0.5) is 0 Å². The molecule has 1 aliphatic rings. The highest BCUT2D eigenvalue weighted by atomic mass is 35.5. The molecule has 3 aromatic rings. The number of halogens is 1. The van der Waals surface area contributed by atoms with Gasteiger partial charge in [-0.3, -0.25) is 0 Å². The van der Waals surface area contributed by atoms with Crippen LogP contribution in [0.1, 0.15) is 17.4 Å². The van der Waals surface area contributed by atoms with Gasteiger partial charge in [0.05, 0.1) is 16.8 Å². The first-order valence-electron chi connectivity index (χ1n) is 9.59. The molecule has 0 radical (unpaired) electrons. The number of hydrogen-bond donors (Lipinski definition) is 3. The van der Waals surface area contributed by atoms with E-state index in [0.717, 1.165) is 22.0 Å². The Hall–Kier alpha value is -2.42. The van der Waals surface area contributed by atoms with Crippen LogP contribution >= 0.6 is 11.6 Å². The molecule has 1 aromatic heterocycles. The average molecular weight is 431 g/mol. The molecule has 8 heteroatoms. The molecule has 158 valence electrons. The molecule has 0 unspecified atom stereocenters. The van der Waals surface area contributed by atoms with Gasteiger partial charge in [-0.25, -0.2) is 0 Å². The molecule has 0 bridgehead atoms. The summed E-state index contributed by atoms with van der Waals surface area (Å²) in [5, 5.41) is 36.4. The minimum atomic E-state index is -1.42. The van der Waals surface area contributed by atoms with Gasteiger partial charge in [0.1, 0.15) is 31.5 Å². The van der Waals surface area contributed by atoms with Gasteiger partial charge in [-0.15, -0.1) is 0 Å². The van der Waals surface area contributed by atoms with Crippen molar-refractivity contribution in [1.29, 1.82) is 0 Å². The van der Waals surface area contributed by atoms with Crippen LogP contribution in [0, 0.1) is 0 Å². The van der Waals surface area contributed by atoms with Gasteiger partial charge in [-0.05, 0) is 29.7 Å². The van der Waals surface area contributed by atoms with E-state index in [0.29, 0.717) is 11.4 Å². The molecule has 0 saturated carbocycles. The maximum atomic E-state index is 10.7. The molecule has 30 heavy (non-hydrogen) atoms. The van der Waals surface area contributed by atoms with Crippen molar-refractivity contribution in [2.45, 2.75) is 37.1 Å². The molecule has 2 heterocycles. The highest BCUT2D eigenvalue weighted by Gasteiger charge is 2.44. The van der Waals surface area contributed by atoms with E-state index in [2.05, 4.69) is 9.99 Å². The quantitative estimate of drug-likeness (QED) is 0.427. The maximum absolute atomic E-state index is 10.7. The van der Waals surface area contributed by atoms with Crippen LogP contribution < -0.4 is 0 Å². The SMILES string of the molecule is CON=C[C@H]1O[C@@H](n2cc(Cc3ccccc3)c3c(Cl)cccc32)[C@H](O)[C@@H](O)[C@@H]1O. The van der Waals surface area contributed by atoms with Gasteiger partial charge >= 0.3 is 0 Å². The van der Waals surface area contributed by atoms with Crippen LogP contribution in [0.5, 0.6) is 0 Å². The van der Waals surface area contributed by atoms with Crippen LogP contribution in [0.15, 0.2) is 59.9 Å². The lowest BCUT2D eigenvalue weighted by Crippen LogP contribution is -2.55. The van der Waals surface area contributed by atoms with Crippen LogP contribution in [-0.2, 0) is 16.0 Å². The van der Waals surface area contributed by atoms with E-state index in [4.69, 9.17) is 16.3 Å². The summed E-state index contributed by atoms with van der Waals surface area (Å²) >= 11 is 6.52. The summed E-state index contributed by atoms with van der Waals surface area (Å²) in [6, 6.07) is 15.5. The Kier molecular flexibility index (Phi) is 6.08. The number of aliphatic hydroxyl groups excluding tert-OH is 3. The minimum absolute atomic E-state index is 0.584. The molecule has 1 fully saturated rings. The van der Waals surface area contributed by atoms with Gasteiger partial charge in [-0.2, -0.15) is 0 Å². The first-order valence-corrected chi connectivity index (χ1v) is 9.97. The predicted molar refractivity (Wildman–Crippen MR) is 114 cm³/mol. The molecule has 5 atom stereocenters. The van der Waals surface area contributed by atoms with Crippen LogP contribution in [0.2, 0.25) is 5.02 Å². The number of nitrogens with zero attached hydrogens (tertiary/aromatic N) is 2. The van der Waals surface area contributed by atoms with E-state index in [1.54, 1.807) is 4.57 Å². The van der Waals surface area contributed by atoms with E-state index in [-0.39, 0.29) is 0 Å². The second-order valence-electron chi connectivity index (χ2n) is 7.26. The number of fused-ring (bicyclic) bond motifs is 1. The van der Waals surface area contributed by atoms with Gasteiger partial charge in [-0.1, -0.05) is 53.2 Å². The smallest absolute Gasteiger partial charge is 0.163 e. The van der Waals surface area contributed by atoms with Crippen molar-refractivity contribution in [1.82, 2.24) is 4.57 Å². The number of hydrogen-bond acceptors (Lipinski definition) is 6. The second kappa shape index (κ2) is 8.75.